The van der Waals surface area contributed by atoms with Crippen LogP contribution in [0.15, 0.2) is 73.3 Å². The SMILES string of the molecule is COc1cc(-c2cc3cc(-c4ccc(CC(=O)Cc5ccnc(C(F)(F)F)c5)nc4)cnc3[nH]2)ccn1. The molecule has 1 N–H and O–H groups in total. The van der Waals surface area contributed by atoms with Gasteiger partial charge in [0.1, 0.15) is 17.1 Å². The lowest BCUT2D eigenvalue weighted by atomic mass is 10.0. The van der Waals surface area contributed by atoms with Crippen LogP contribution >= 0.6 is 0 Å². The number of methoxy groups -OCH3 is 1. The van der Waals surface area contributed by atoms with Gasteiger partial charge in [0.25, 0.3) is 0 Å². The summed E-state index contributed by atoms with van der Waals surface area (Å²) < 4.78 is 43.8. The second-order valence-corrected chi connectivity index (χ2v) is 8.41. The molecule has 5 rings (SSSR count). The van der Waals surface area contributed by atoms with Crippen molar-refractivity contribution in [3.05, 3.63) is 90.3 Å². The van der Waals surface area contributed by atoms with E-state index in [1.807, 2.05) is 30.3 Å². The van der Waals surface area contributed by atoms with Crippen molar-refractivity contribution >= 4 is 16.8 Å². The molecular weight excluding hydrogens is 483 g/mol. The van der Waals surface area contributed by atoms with Crippen LogP contribution in [-0.2, 0) is 23.8 Å². The highest BCUT2D eigenvalue weighted by Gasteiger charge is 2.32. The van der Waals surface area contributed by atoms with Crippen molar-refractivity contribution in [3.63, 3.8) is 0 Å². The molecule has 0 atom stereocenters. The van der Waals surface area contributed by atoms with Crippen LogP contribution in [0.5, 0.6) is 5.88 Å². The van der Waals surface area contributed by atoms with Gasteiger partial charge in [-0.2, -0.15) is 13.2 Å². The minimum atomic E-state index is -4.55. The molecule has 5 heterocycles. The Labute approximate surface area is 209 Å². The lowest BCUT2D eigenvalue weighted by Crippen LogP contribution is -2.11. The molecule has 10 heteroatoms. The number of alkyl halides is 3. The van der Waals surface area contributed by atoms with Gasteiger partial charge in [0.2, 0.25) is 5.88 Å². The van der Waals surface area contributed by atoms with Crippen molar-refractivity contribution in [2.45, 2.75) is 19.0 Å². The predicted octanol–water partition coefficient (Wildman–Crippen LogP) is 5.46. The van der Waals surface area contributed by atoms with Crippen LogP contribution in [0.2, 0.25) is 0 Å². The Kier molecular flexibility index (Phi) is 6.39. The number of nitrogens with one attached hydrogen (secondary N) is 1. The Bertz CT molecular complexity index is 1580. The maximum absolute atomic E-state index is 12.9. The zero-order chi connectivity index (χ0) is 26.0. The third-order valence-electron chi connectivity index (χ3n) is 5.78. The molecule has 0 aromatic carbocycles. The smallest absolute Gasteiger partial charge is 0.433 e. The van der Waals surface area contributed by atoms with Gasteiger partial charge in [-0.25, -0.2) is 9.97 Å². The van der Waals surface area contributed by atoms with Crippen molar-refractivity contribution in [3.8, 4) is 28.3 Å². The Hall–Kier alpha value is -4.60. The molecule has 7 nitrogen and oxygen atoms in total. The van der Waals surface area contributed by atoms with E-state index in [1.165, 1.54) is 6.07 Å². The van der Waals surface area contributed by atoms with Crippen LogP contribution in [0, 0.1) is 0 Å². The number of nitrogens with zero attached hydrogens (tertiary/aromatic N) is 4. The molecule has 0 spiro atoms. The molecule has 0 fully saturated rings. The molecule has 0 saturated carbocycles. The maximum atomic E-state index is 12.9. The number of fused-ring (bicyclic) bond motifs is 1. The summed E-state index contributed by atoms with van der Waals surface area (Å²) in [4.78, 5) is 32.1. The lowest BCUT2D eigenvalue weighted by molar-refractivity contribution is -0.141. The van der Waals surface area contributed by atoms with Crippen LogP contribution in [0.4, 0.5) is 13.2 Å². The van der Waals surface area contributed by atoms with Gasteiger partial charge in [0, 0.05) is 77.2 Å². The number of rotatable bonds is 7. The van der Waals surface area contributed by atoms with E-state index in [0.29, 0.717) is 11.6 Å². The zero-order valence-corrected chi connectivity index (χ0v) is 19.6. The zero-order valence-electron chi connectivity index (χ0n) is 19.6. The van der Waals surface area contributed by atoms with Crippen molar-refractivity contribution in [1.29, 1.82) is 0 Å². The third-order valence-corrected chi connectivity index (χ3v) is 5.78. The van der Waals surface area contributed by atoms with Crippen molar-refractivity contribution in [1.82, 2.24) is 24.9 Å². The number of hydrogen-bond donors (Lipinski definition) is 1. The van der Waals surface area contributed by atoms with Crippen LogP contribution in [-0.4, -0.2) is 37.8 Å². The number of Topliss-reactive ketones (excluding diaryl/α,β-unsaturated/α-hetero) is 1. The molecule has 37 heavy (non-hydrogen) atoms. The Morgan fingerprint density at radius 2 is 1.68 bits per heavy atom. The average molecular weight is 503 g/mol. The second kappa shape index (κ2) is 9.81. The first-order chi connectivity index (χ1) is 17.8. The molecule has 0 radical (unpaired) electrons. The summed E-state index contributed by atoms with van der Waals surface area (Å²) in [5, 5.41) is 0.915. The van der Waals surface area contributed by atoms with E-state index in [0.717, 1.165) is 45.7 Å². The summed E-state index contributed by atoms with van der Waals surface area (Å²) in [7, 11) is 1.56. The number of H-pyrrole nitrogens is 1. The summed E-state index contributed by atoms with van der Waals surface area (Å²) in [6, 6.07) is 13.6. The number of ether oxygens (including phenoxy) is 1. The molecule has 186 valence electrons. The van der Waals surface area contributed by atoms with Gasteiger partial charge in [-0.1, -0.05) is 6.07 Å². The number of carbonyl (C=O) groups excluding carboxylic acids is 1. The summed E-state index contributed by atoms with van der Waals surface area (Å²) >= 11 is 0. The molecule has 0 saturated heterocycles. The van der Waals surface area contributed by atoms with E-state index in [2.05, 4.69) is 24.9 Å². The summed E-state index contributed by atoms with van der Waals surface area (Å²) in [6.07, 6.45) is 1.45. The number of pyridine rings is 4. The standard InChI is InChI=1S/C27H20F3N5O2/c1-37-25-12-17(5-7-32-25)23-11-19-10-20(15-34-26(19)35-23)18-2-3-21(33-14-18)13-22(36)8-16-4-6-31-24(9-16)27(28,29)30/h2-7,9-12,14-15H,8,13H2,1H3,(H,34,35). The molecule has 0 aliphatic rings. The maximum Gasteiger partial charge on any atom is 0.433 e. The normalized spacial score (nSPS) is 11.6. The fourth-order valence-corrected chi connectivity index (χ4v) is 3.95. The van der Waals surface area contributed by atoms with Gasteiger partial charge in [-0.05, 0) is 42.0 Å². The number of aromatic nitrogens is 5. The topological polar surface area (TPSA) is 93.6 Å². The first kappa shape index (κ1) is 24.1. The van der Waals surface area contributed by atoms with E-state index in [-0.39, 0.29) is 24.2 Å². The van der Waals surface area contributed by atoms with Gasteiger partial charge >= 0.3 is 6.18 Å². The van der Waals surface area contributed by atoms with Crippen LogP contribution in [0.3, 0.4) is 0 Å². The fourth-order valence-electron chi connectivity index (χ4n) is 3.95. The number of halogens is 3. The first-order valence-electron chi connectivity index (χ1n) is 11.3. The monoisotopic (exact) mass is 503 g/mol. The Morgan fingerprint density at radius 3 is 2.43 bits per heavy atom. The van der Waals surface area contributed by atoms with Gasteiger partial charge < -0.3 is 9.72 Å². The minimum Gasteiger partial charge on any atom is -0.481 e. The highest BCUT2D eigenvalue weighted by molar-refractivity contribution is 5.87. The molecule has 0 bridgehead atoms. The highest BCUT2D eigenvalue weighted by Crippen LogP contribution is 2.29. The number of ketones is 1. The molecule has 0 unspecified atom stereocenters. The van der Waals surface area contributed by atoms with E-state index < -0.39 is 11.9 Å². The number of carbonyl (C=O) groups is 1. The Morgan fingerprint density at radius 1 is 0.865 bits per heavy atom. The van der Waals surface area contributed by atoms with E-state index in [4.69, 9.17) is 4.74 Å². The van der Waals surface area contributed by atoms with Crippen LogP contribution < -0.4 is 4.74 Å². The van der Waals surface area contributed by atoms with E-state index >= 15 is 0 Å². The molecule has 0 aliphatic heterocycles. The summed E-state index contributed by atoms with van der Waals surface area (Å²) in [5.41, 5.74) is 3.99. The lowest BCUT2D eigenvalue weighted by Gasteiger charge is -2.07. The average Bonchev–Trinajstić information content (AvgIpc) is 3.32. The van der Waals surface area contributed by atoms with Crippen molar-refractivity contribution < 1.29 is 22.7 Å². The second-order valence-electron chi connectivity index (χ2n) is 8.41. The number of hydrogen-bond acceptors (Lipinski definition) is 6. The third kappa shape index (κ3) is 5.48. The van der Waals surface area contributed by atoms with Crippen molar-refractivity contribution in [2.75, 3.05) is 7.11 Å². The van der Waals surface area contributed by atoms with Crippen molar-refractivity contribution in [2.24, 2.45) is 0 Å². The van der Waals surface area contributed by atoms with Gasteiger partial charge in [-0.3, -0.25) is 14.8 Å². The van der Waals surface area contributed by atoms with Crippen LogP contribution in [0.25, 0.3) is 33.4 Å². The molecule has 0 aliphatic carbocycles. The number of aromatic amines is 1. The molecule has 5 aromatic heterocycles. The fraction of sp³-hybridized carbons (Fsp3) is 0.148. The summed E-state index contributed by atoms with van der Waals surface area (Å²) in [6.45, 7) is 0. The predicted molar refractivity (Wildman–Crippen MR) is 131 cm³/mol. The summed E-state index contributed by atoms with van der Waals surface area (Å²) in [5.74, 6) is 0.275. The molecule has 0 amide bonds. The van der Waals surface area contributed by atoms with E-state index in [9.17, 15) is 18.0 Å². The highest BCUT2D eigenvalue weighted by atomic mass is 19.4. The van der Waals surface area contributed by atoms with Crippen LogP contribution in [0.1, 0.15) is 17.0 Å². The Balaban J connectivity index is 1.29. The van der Waals surface area contributed by atoms with Gasteiger partial charge in [-0.15, -0.1) is 0 Å². The molecule has 5 aromatic rings. The van der Waals surface area contributed by atoms with Gasteiger partial charge in [0.05, 0.1) is 7.11 Å². The van der Waals surface area contributed by atoms with E-state index in [1.54, 1.807) is 31.8 Å². The largest absolute Gasteiger partial charge is 0.481 e. The minimum absolute atomic E-state index is 0.0117. The molecular formula is C27H20F3N5O2. The first-order valence-corrected chi connectivity index (χ1v) is 11.3. The quantitative estimate of drug-likeness (QED) is 0.317. The van der Waals surface area contributed by atoms with Gasteiger partial charge in [0.15, 0.2) is 0 Å².